The van der Waals surface area contributed by atoms with E-state index in [9.17, 15) is 19.5 Å². The lowest BCUT2D eigenvalue weighted by Gasteiger charge is -2.19. The minimum atomic E-state index is -0.904. The summed E-state index contributed by atoms with van der Waals surface area (Å²) in [7, 11) is 0. The lowest BCUT2D eigenvalue weighted by atomic mass is 10.1. The van der Waals surface area contributed by atoms with Gasteiger partial charge in [-0.05, 0) is 52.0 Å². The minimum Gasteiger partial charge on any atom is -0.506 e. The fourth-order valence-corrected chi connectivity index (χ4v) is 2.79. The number of rotatable bonds is 5. The molecule has 3 aromatic rings. The molecule has 0 aliphatic carbocycles. The van der Waals surface area contributed by atoms with Crippen molar-refractivity contribution in [3.8, 4) is 5.75 Å². The average Bonchev–Trinajstić information content (AvgIpc) is 2.69. The summed E-state index contributed by atoms with van der Waals surface area (Å²) in [5.41, 5.74) is 1.60. The molecule has 8 nitrogen and oxygen atoms in total. The van der Waals surface area contributed by atoms with Gasteiger partial charge < -0.3 is 20.3 Å². The molecule has 1 heterocycles. The standard InChI is InChI=1S/C23H23N3O5/c1-13(27)14-8-7-9-15(12-14)24-21(29)19(25-26-23(2,3)4)18-20(28)16-10-5-6-11-17(16)31-22(18)30/h5-12,26,28H,1-4H3,(H,24,29)/b25-19-. The zero-order valence-corrected chi connectivity index (χ0v) is 17.6. The van der Waals surface area contributed by atoms with Gasteiger partial charge in [0.05, 0.1) is 5.39 Å². The van der Waals surface area contributed by atoms with Crippen LogP contribution in [-0.4, -0.2) is 28.0 Å². The van der Waals surface area contributed by atoms with Crippen LogP contribution < -0.4 is 16.4 Å². The third-order valence-electron chi connectivity index (χ3n) is 4.27. The van der Waals surface area contributed by atoms with E-state index in [1.807, 2.05) is 20.8 Å². The summed E-state index contributed by atoms with van der Waals surface area (Å²) in [4.78, 5) is 37.4. The van der Waals surface area contributed by atoms with E-state index >= 15 is 0 Å². The van der Waals surface area contributed by atoms with Crippen LogP contribution in [0.4, 0.5) is 5.69 Å². The Morgan fingerprint density at radius 3 is 2.45 bits per heavy atom. The van der Waals surface area contributed by atoms with E-state index < -0.39 is 22.8 Å². The fourth-order valence-electron chi connectivity index (χ4n) is 2.79. The maximum Gasteiger partial charge on any atom is 0.349 e. The lowest BCUT2D eigenvalue weighted by molar-refractivity contribution is -0.110. The lowest BCUT2D eigenvalue weighted by Crippen LogP contribution is -2.36. The molecule has 0 bridgehead atoms. The van der Waals surface area contributed by atoms with Crippen LogP contribution in [-0.2, 0) is 4.79 Å². The molecule has 0 radical (unpaired) electrons. The number of hydrogen-bond donors (Lipinski definition) is 3. The summed E-state index contributed by atoms with van der Waals surface area (Å²) in [6.45, 7) is 6.89. The van der Waals surface area contributed by atoms with Crippen molar-refractivity contribution in [3.05, 3.63) is 70.1 Å². The number of carbonyl (C=O) groups is 2. The molecule has 0 aliphatic rings. The molecule has 0 saturated carbocycles. The molecule has 160 valence electrons. The molecular formula is C23H23N3O5. The number of nitrogens with one attached hydrogen (secondary N) is 2. The van der Waals surface area contributed by atoms with E-state index in [2.05, 4.69) is 15.8 Å². The average molecular weight is 421 g/mol. The highest BCUT2D eigenvalue weighted by Gasteiger charge is 2.26. The quantitative estimate of drug-likeness (QED) is 0.251. The molecule has 0 saturated heterocycles. The number of carbonyl (C=O) groups excluding carboxylic acids is 2. The molecule has 31 heavy (non-hydrogen) atoms. The monoisotopic (exact) mass is 421 g/mol. The number of hydrazone groups is 1. The van der Waals surface area contributed by atoms with Crippen LogP contribution in [0.3, 0.4) is 0 Å². The van der Waals surface area contributed by atoms with Crippen LogP contribution in [0.5, 0.6) is 5.75 Å². The maximum absolute atomic E-state index is 13.1. The number of nitrogens with zero attached hydrogens (tertiary/aromatic N) is 1. The Bertz CT molecular complexity index is 1250. The molecule has 2 aromatic carbocycles. The third kappa shape index (κ3) is 4.98. The second-order valence-electron chi connectivity index (χ2n) is 8.02. The van der Waals surface area contributed by atoms with E-state index in [-0.39, 0.29) is 28.0 Å². The second kappa shape index (κ2) is 8.43. The number of ketones is 1. The van der Waals surface area contributed by atoms with E-state index in [0.29, 0.717) is 11.3 Å². The smallest absolute Gasteiger partial charge is 0.349 e. The van der Waals surface area contributed by atoms with E-state index in [1.54, 1.807) is 36.4 Å². The Hall–Kier alpha value is -3.94. The van der Waals surface area contributed by atoms with Crippen molar-refractivity contribution in [2.75, 3.05) is 5.32 Å². The van der Waals surface area contributed by atoms with Crippen molar-refractivity contribution >= 4 is 34.1 Å². The Balaban J connectivity index is 2.11. The molecule has 0 unspecified atom stereocenters. The largest absolute Gasteiger partial charge is 0.506 e. The first-order valence-electron chi connectivity index (χ1n) is 9.59. The highest BCUT2D eigenvalue weighted by atomic mass is 16.4. The number of hydrogen-bond acceptors (Lipinski definition) is 7. The van der Waals surface area contributed by atoms with Gasteiger partial charge in [0.15, 0.2) is 11.5 Å². The zero-order chi connectivity index (χ0) is 22.8. The molecule has 0 fully saturated rings. The van der Waals surface area contributed by atoms with E-state index in [1.165, 1.54) is 19.1 Å². The van der Waals surface area contributed by atoms with Crippen LogP contribution in [0, 0.1) is 0 Å². The fraction of sp³-hybridized carbons (Fsp3) is 0.217. The highest BCUT2D eigenvalue weighted by Crippen LogP contribution is 2.27. The number of anilines is 1. The number of amides is 1. The number of Topliss-reactive ketones (excluding diaryl/α,β-unsaturated/α-hetero) is 1. The normalized spacial score (nSPS) is 11.9. The Morgan fingerprint density at radius 1 is 1.06 bits per heavy atom. The summed E-state index contributed by atoms with van der Waals surface area (Å²) in [5, 5.41) is 17.8. The van der Waals surface area contributed by atoms with Crippen LogP contribution in [0.2, 0.25) is 0 Å². The SMILES string of the molecule is CC(=O)c1cccc(NC(=O)/C(=N\NC(C)(C)C)c2c(O)c3ccccc3oc2=O)c1. The second-order valence-corrected chi connectivity index (χ2v) is 8.02. The van der Waals surface area contributed by atoms with Gasteiger partial charge in [-0.15, -0.1) is 0 Å². The molecule has 0 aliphatic heterocycles. The highest BCUT2D eigenvalue weighted by molar-refractivity contribution is 6.49. The predicted molar refractivity (Wildman–Crippen MR) is 119 cm³/mol. The summed E-state index contributed by atoms with van der Waals surface area (Å²) < 4.78 is 5.29. The van der Waals surface area contributed by atoms with Crippen molar-refractivity contribution in [1.82, 2.24) is 5.43 Å². The predicted octanol–water partition coefficient (Wildman–Crippen LogP) is 3.43. The number of benzene rings is 2. The Morgan fingerprint density at radius 2 is 1.77 bits per heavy atom. The van der Waals surface area contributed by atoms with E-state index in [4.69, 9.17) is 4.42 Å². The van der Waals surface area contributed by atoms with Crippen LogP contribution in [0.25, 0.3) is 11.0 Å². The molecule has 3 rings (SSSR count). The molecule has 0 spiro atoms. The summed E-state index contributed by atoms with van der Waals surface area (Å²) in [6, 6.07) is 12.8. The molecule has 3 N–H and O–H groups in total. The topological polar surface area (TPSA) is 121 Å². The molecule has 1 amide bonds. The van der Waals surface area contributed by atoms with Crippen molar-refractivity contribution < 1.29 is 19.1 Å². The molecule has 0 atom stereocenters. The van der Waals surface area contributed by atoms with Crippen molar-refractivity contribution in [2.24, 2.45) is 5.10 Å². The number of aromatic hydroxyl groups is 1. The van der Waals surface area contributed by atoms with Gasteiger partial charge in [0.2, 0.25) is 0 Å². The summed E-state index contributed by atoms with van der Waals surface area (Å²) in [5.74, 6) is -1.32. The van der Waals surface area contributed by atoms with Gasteiger partial charge in [-0.25, -0.2) is 4.79 Å². The first kappa shape index (κ1) is 21.8. The number of para-hydroxylation sites is 1. The van der Waals surface area contributed by atoms with Gasteiger partial charge in [0, 0.05) is 16.8 Å². The Labute approximate surface area is 178 Å². The third-order valence-corrected chi connectivity index (χ3v) is 4.27. The summed E-state index contributed by atoms with van der Waals surface area (Å²) in [6.07, 6.45) is 0. The van der Waals surface area contributed by atoms with E-state index in [0.717, 1.165) is 0 Å². The van der Waals surface area contributed by atoms with Crippen LogP contribution >= 0.6 is 0 Å². The first-order valence-corrected chi connectivity index (χ1v) is 9.59. The van der Waals surface area contributed by atoms with Gasteiger partial charge in [0.25, 0.3) is 5.91 Å². The van der Waals surface area contributed by atoms with Gasteiger partial charge in [-0.2, -0.15) is 5.10 Å². The van der Waals surface area contributed by atoms with Gasteiger partial charge in [-0.1, -0.05) is 24.3 Å². The van der Waals surface area contributed by atoms with Crippen molar-refractivity contribution in [3.63, 3.8) is 0 Å². The van der Waals surface area contributed by atoms with Gasteiger partial charge in [0.1, 0.15) is 16.9 Å². The Kier molecular flexibility index (Phi) is 5.92. The minimum absolute atomic E-state index is 0.160. The molecule has 1 aromatic heterocycles. The first-order chi connectivity index (χ1) is 14.6. The number of fused-ring (bicyclic) bond motifs is 1. The van der Waals surface area contributed by atoms with Crippen LogP contribution in [0.1, 0.15) is 43.6 Å². The molecule has 8 heteroatoms. The van der Waals surface area contributed by atoms with Crippen molar-refractivity contribution in [2.45, 2.75) is 33.2 Å². The van der Waals surface area contributed by atoms with Crippen LogP contribution in [0.15, 0.2) is 62.8 Å². The van der Waals surface area contributed by atoms with Gasteiger partial charge in [-0.3, -0.25) is 9.59 Å². The summed E-state index contributed by atoms with van der Waals surface area (Å²) >= 11 is 0. The molecular weight excluding hydrogens is 398 g/mol. The maximum atomic E-state index is 13.1. The van der Waals surface area contributed by atoms with Crippen molar-refractivity contribution in [1.29, 1.82) is 0 Å². The zero-order valence-electron chi connectivity index (χ0n) is 17.6. The van der Waals surface area contributed by atoms with Gasteiger partial charge >= 0.3 is 5.63 Å².